The molecule has 0 aromatic carbocycles. The summed E-state index contributed by atoms with van der Waals surface area (Å²) in [5.41, 5.74) is 0. The maximum absolute atomic E-state index is 3.47. The van der Waals surface area contributed by atoms with E-state index in [0.717, 1.165) is 12.1 Å². The topological polar surface area (TPSA) is 15.3 Å². The van der Waals surface area contributed by atoms with Gasteiger partial charge in [-0.25, -0.2) is 0 Å². The van der Waals surface area contributed by atoms with Crippen molar-refractivity contribution < 1.29 is 0 Å². The lowest BCUT2D eigenvalue weighted by atomic mass is 10.3. The van der Waals surface area contributed by atoms with Gasteiger partial charge < -0.3 is 5.32 Å². The van der Waals surface area contributed by atoms with Gasteiger partial charge in [0, 0.05) is 18.6 Å². The largest absolute Gasteiger partial charge is 0.315 e. The molecule has 0 aromatic rings. The molecule has 1 aliphatic carbocycles. The molecule has 2 heteroatoms. The number of hydrogen-bond donors (Lipinski definition) is 1. The predicted molar refractivity (Wildman–Crippen MR) is 46.7 cm³/mol. The van der Waals surface area contributed by atoms with Crippen molar-refractivity contribution in [3.8, 4) is 0 Å². The van der Waals surface area contributed by atoms with E-state index in [-0.39, 0.29) is 0 Å². The fraction of sp³-hybridized carbons (Fsp3) is 1.00. The smallest absolute Gasteiger partial charge is 0.0195 e. The van der Waals surface area contributed by atoms with Crippen molar-refractivity contribution in [2.75, 3.05) is 19.6 Å². The summed E-state index contributed by atoms with van der Waals surface area (Å²) in [5.74, 6) is 0. The van der Waals surface area contributed by atoms with Gasteiger partial charge in [0.05, 0.1) is 0 Å². The highest BCUT2D eigenvalue weighted by molar-refractivity contribution is 4.89. The highest BCUT2D eigenvalue weighted by Gasteiger charge is 2.32. The van der Waals surface area contributed by atoms with Crippen molar-refractivity contribution in [3.63, 3.8) is 0 Å². The summed E-state index contributed by atoms with van der Waals surface area (Å²) in [6.45, 7) is 6.07. The standard InChI is InChI=1S/C9H18N2/c1-8-7-10-5-2-6-11(8)9-3-4-9/h8-10H,2-7H2,1H3. The number of rotatable bonds is 1. The van der Waals surface area contributed by atoms with Gasteiger partial charge in [-0.05, 0) is 39.3 Å². The van der Waals surface area contributed by atoms with Gasteiger partial charge in [-0.15, -0.1) is 0 Å². The first kappa shape index (κ1) is 7.56. The molecule has 1 unspecified atom stereocenters. The molecule has 1 heterocycles. The quantitative estimate of drug-likeness (QED) is 0.602. The van der Waals surface area contributed by atoms with Gasteiger partial charge in [0.1, 0.15) is 0 Å². The van der Waals surface area contributed by atoms with Crippen LogP contribution in [0.4, 0.5) is 0 Å². The van der Waals surface area contributed by atoms with Crippen molar-refractivity contribution in [1.82, 2.24) is 10.2 Å². The molecule has 0 bridgehead atoms. The van der Waals surface area contributed by atoms with Gasteiger partial charge in [0.15, 0.2) is 0 Å². The summed E-state index contributed by atoms with van der Waals surface area (Å²) < 4.78 is 0. The van der Waals surface area contributed by atoms with E-state index in [4.69, 9.17) is 0 Å². The third kappa shape index (κ3) is 1.74. The Morgan fingerprint density at radius 2 is 2.18 bits per heavy atom. The normalized spacial score (nSPS) is 35.2. The van der Waals surface area contributed by atoms with Gasteiger partial charge in [-0.3, -0.25) is 4.90 Å². The Bertz CT molecular complexity index is 132. The van der Waals surface area contributed by atoms with E-state index in [2.05, 4.69) is 17.1 Å². The Morgan fingerprint density at radius 1 is 1.36 bits per heavy atom. The van der Waals surface area contributed by atoms with E-state index < -0.39 is 0 Å². The van der Waals surface area contributed by atoms with Crippen LogP contribution in [0.25, 0.3) is 0 Å². The van der Waals surface area contributed by atoms with Gasteiger partial charge in [-0.2, -0.15) is 0 Å². The number of nitrogens with zero attached hydrogens (tertiary/aromatic N) is 1. The molecule has 2 aliphatic rings. The molecule has 2 nitrogen and oxygen atoms in total. The summed E-state index contributed by atoms with van der Waals surface area (Å²) in [6, 6.07) is 1.72. The Hall–Kier alpha value is -0.0800. The minimum absolute atomic E-state index is 0.769. The first-order valence-electron chi connectivity index (χ1n) is 4.84. The van der Waals surface area contributed by atoms with Crippen LogP contribution in [0.1, 0.15) is 26.2 Å². The van der Waals surface area contributed by atoms with Gasteiger partial charge in [-0.1, -0.05) is 0 Å². The van der Waals surface area contributed by atoms with Crippen LogP contribution < -0.4 is 5.32 Å². The van der Waals surface area contributed by atoms with Crippen molar-refractivity contribution in [2.45, 2.75) is 38.3 Å². The zero-order valence-corrected chi connectivity index (χ0v) is 7.34. The molecule has 0 aromatic heterocycles. The fourth-order valence-electron chi connectivity index (χ4n) is 1.98. The highest BCUT2D eigenvalue weighted by atomic mass is 15.2. The summed E-state index contributed by atoms with van der Waals surface area (Å²) in [5, 5.41) is 3.47. The van der Waals surface area contributed by atoms with Gasteiger partial charge in [0.25, 0.3) is 0 Å². The lowest BCUT2D eigenvalue weighted by Gasteiger charge is -2.26. The molecule has 1 N–H and O–H groups in total. The molecule has 0 radical (unpaired) electrons. The van der Waals surface area contributed by atoms with Gasteiger partial charge in [0.2, 0.25) is 0 Å². The molecule has 11 heavy (non-hydrogen) atoms. The Labute approximate surface area is 69.0 Å². The first-order chi connectivity index (χ1) is 5.38. The van der Waals surface area contributed by atoms with E-state index in [9.17, 15) is 0 Å². The highest BCUT2D eigenvalue weighted by Crippen LogP contribution is 2.28. The average molecular weight is 154 g/mol. The van der Waals surface area contributed by atoms with Crippen LogP contribution in [0.15, 0.2) is 0 Å². The molecule has 64 valence electrons. The van der Waals surface area contributed by atoms with Crippen LogP contribution in [0.5, 0.6) is 0 Å². The molecule has 0 amide bonds. The summed E-state index contributed by atoms with van der Waals surface area (Å²) in [6.07, 6.45) is 4.23. The van der Waals surface area contributed by atoms with E-state index in [1.807, 2.05) is 0 Å². The van der Waals surface area contributed by atoms with E-state index in [0.29, 0.717) is 0 Å². The lowest BCUT2D eigenvalue weighted by molar-refractivity contribution is 0.212. The maximum atomic E-state index is 3.47. The van der Waals surface area contributed by atoms with Crippen LogP contribution >= 0.6 is 0 Å². The molecule has 1 saturated heterocycles. The lowest BCUT2D eigenvalue weighted by Crippen LogP contribution is -2.38. The van der Waals surface area contributed by atoms with Gasteiger partial charge >= 0.3 is 0 Å². The van der Waals surface area contributed by atoms with E-state index in [1.54, 1.807) is 0 Å². The average Bonchev–Trinajstić information content (AvgIpc) is 2.74. The Balaban J connectivity index is 1.91. The third-order valence-corrected chi connectivity index (χ3v) is 2.79. The van der Waals surface area contributed by atoms with Crippen LogP contribution in [0, 0.1) is 0 Å². The zero-order valence-electron chi connectivity index (χ0n) is 7.34. The molecule has 2 fully saturated rings. The SMILES string of the molecule is CC1CNCCCN1C1CC1. The molecule has 0 spiro atoms. The molecule has 1 atom stereocenters. The van der Waals surface area contributed by atoms with Crippen LogP contribution in [0.3, 0.4) is 0 Å². The summed E-state index contributed by atoms with van der Waals surface area (Å²) in [4.78, 5) is 2.68. The predicted octanol–water partition coefficient (Wildman–Crippen LogP) is 0.833. The maximum Gasteiger partial charge on any atom is 0.0195 e. The molecular formula is C9H18N2. The van der Waals surface area contributed by atoms with Crippen LogP contribution in [-0.2, 0) is 0 Å². The van der Waals surface area contributed by atoms with Crippen molar-refractivity contribution >= 4 is 0 Å². The second-order valence-electron chi connectivity index (χ2n) is 3.88. The minimum Gasteiger partial charge on any atom is -0.315 e. The molecule has 1 saturated carbocycles. The summed E-state index contributed by atoms with van der Waals surface area (Å²) in [7, 11) is 0. The number of hydrogen-bond acceptors (Lipinski definition) is 2. The molecule has 1 aliphatic heterocycles. The fourth-order valence-corrected chi connectivity index (χ4v) is 1.98. The van der Waals surface area contributed by atoms with Crippen molar-refractivity contribution in [3.05, 3.63) is 0 Å². The number of nitrogens with one attached hydrogen (secondary N) is 1. The van der Waals surface area contributed by atoms with Crippen molar-refractivity contribution in [2.24, 2.45) is 0 Å². The first-order valence-corrected chi connectivity index (χ1v) is 4.84. The van der Waals surface area contributed by atoms with E-state index in [1.165, 1.54) is 38.9 Å². The Morgan fingerprint density at radius 3 is 2.91 bits per heavy atom. The zero-order chi connectivity index (χ0) is 7.68. The second-order valence-corrected chi connectivity index (χ2v) is 3.88. The minimum atomic E-state index is 0.769. The van der Waals surface area contributed by atoms with Crippen molar-refractivity contribution in [1.29, 1.82) is 0 Å². The second kappa shape index (κ2) is 3.11. The van der Waals surface area contributed by atoms with E-state index >= 15 is 0 Å². The molecular weight excluding hydrogens is 136 g/mol. The van der Waals surface area contributed by atoms with Crippen LogP contribution in [0.2, 0.25) is 0 Å². The van der Waals surface area contributed by atoms with Crippen LogP contribution in [-0.4, -0.2) is 36.6 Å². The molecule has 2 rings (SSSR count). The third-order valence-electron chi connectivity index (χ3n) is 2.79. The summed E-state index contributed by atoms with van der Waals surface area (Å²) >= 11 is 0. The monoisotopic (exact) mass is 154 g/mol. The Kier molecular flexibility index (Phi) is 2.14.